The van der Waals surface area contributed by atoms with Crippen LogP contribution in [0.1, 0.15) is 50.2 Å². The first-order valence-corrected chi connectivity index (χ1v) is 9.63. The second-order valence-corrected chi connectivity index (χ2v) is 7.28. The maximum Gasteiger partial charge on any atom is 0.228 e. The van der Waals surface area contributed by atoms with Crippen LogP contribution in [0.4, 0.5) is 5.82 Å². The fraction of sp³-hybridized carbons (Fsp3) is 0.381. The Hall–Kier alpha value is -2.93. The predicted molar refractivity (Wildman–Crippen MR) is 107 cm³/mol. The second kappa shape index (κ2) is 7.59. The number of anilines is 1. The van der Waals surface area contributed by atoms with Crippen LogP contribution in [-0.2, 0) is 4.79 Å². The van der Waals surface area contributed by atoms with Crippen molar-refractivity contribution in [3.05, 3.63) is 42.2 Å². The maximum absolute atomic E-state index is 11.9. The smallest absolute Gasteiger partial charge is 0.228 e. The van der Waals surface area contributed by atoms with Crippen LogP contribution in [0.25, 0.3) is 22.0 Å². The van der Waals surface area contributed by atoms with Crippen molar-refractivity contribution in [3.8, 4) is 11.3 Å². The Morgan fingerprint density at radius 3 is 2.64 bits per heavy atom. The number of fused-ring (bicyclic) bond motifs is 1. The van der Waals surface area contributed by atoms with Crippen molar-refractivity contribution in [2.45, 2.75) is 45.6 Å². The van der Waals surface area contributed by atoms with E-state index in [1.54, 1.807) is 18.6 Å². The molecule has 0 spiro atoms. The van der Waals surface area contributed by atoms with E-state index in [1.807, 2.05) is 26.0 Å². The molecule has 0 saturated heterocycles. The third kappa shape index (κ3) is 3.84. The van der Waals surface area contributed by atoms with E-state index in [9.17, 15) is 9.90 Å². The fourth-order valence-corrected chi connectivity index (χ4v) is 3.13. The molecule has 1 aliphatic carbocycles. The number of pyridine rings is 2. The summed E-state index contributed by atoms with van der Waals surface area (Å²) in [5.41, 5.74) is 2.34. The monoisotopic (exact) mass is 377 g/mol. The van der Waals surface area contributed by atoms with E-state index >= 15 is 0 Å². The highest BCUT2D eigenvalue weighted by molar-refractivity contribution is 5.95. The van der Waals surface area contributed by atoms with E-state index in [2.05, 4.69) is 25.3 Å². The Morgan fingerprint density at radius 2 is 1.93 bits per heavy atom. The third-order valence-electron chi connectivity index (χ3n) is 4.94. The van der Waals surface area contributed by atoms with Crippen molar-refractivity contribution in [1.29, 1.82) is 0 Å². The Balaban J connectivity index is 1.59. The average molecular weight is 377 g/mol. The topological polar surface area (TPSA) is 101 Å². The van der Waals surface area contributed by atoms with Crippen molar-refractivity contribution in [1.82, 2.24) is 19.9 Å². The molecule has 1 unspecified atom stereocenters. The van der Waals surface area contributed by atoms with E-state index in [-0.39, 0.29) is 11.8 Å². The molecule has 3 aromatic rings. The summed E-state index contributed by atoms with van der Waals surface area (Å²) < 4.78 is 0. The highest BCUT2D eigenvalue weighted by atomic mass is 16.3. The van der Waals surface area contributed by atoms with Crippen LogP contribution >= 0.6 is 0 Å². The first-order valence-electron chi connectivity index (χ1n) is 9.63. The van der Waals surface area contributed by atoms with E-state index in [0.29, 0.717) is 18.1 Å². The minimum absolute atomic E-state index is 0.0366. The van der Waals surface area contributed by atoms with Crippen molar-refractivity contribution in [2.75, 3.05) is 5.32 Å². The molecule has 1 fully saturated rings. The third-order valence-corrected chi connectivity index (χ3v) is 4.94. The molecule has 0 radical (unpaired) electrons. The van der Waals surface area contributed by atoms with Gasteiger partial charge < -0.3 is 10.4 Å². The number of hydrogen-bond donors (Lipinski definition) is 2. The Kier molecular flexibility index (Phi) is 5.00. The van der Waals surface area contributed by atoms with Crippen molar-refractivity contribution in [3.63, 3.8) is 0 Å². The number of aromatic nitrogens is 4. The van der Waals surface area contributed by atoms with Gasteiger partial charge in [0.1, 0.15) is 11.9 Å². The van der Waals surface area contributed by atoms with E-state index < -0.39 is 6.10 Å². The number of nitrogens with one attached hydrogen (secondary N) is 1. The Labute approximate surface area is 163 Å². The largest absolute Gasteiger partial charge is 0.385 e. The first-order chi connectivity index (χ1) is 13.5. The van der Waals surface area contributed by atoms with Crippen molar-refractivity contribution in [2.24, 2.45) is 5.92 Å². The molecule has 0 aliphatic heterocycles. The number of aliphatic hydroxyl groups is 1. The molecule has 7 heteroatoms. The van der Waals surface area contributed by atoms with Gasteiger partial charge in [-0.1, -0.05) is 13.3 Å². The van der Waals surface area contributed by atoms with Gasteiger partial charge >= 0.3 is 0 Å². The molecule has 144 valence electrons. The van der Waals surface area contributed by atoms with E-state index in [4.69, 9.17) is 0 Å². The molecular formula is C21H23N5O2. The lowest BCUT2D eigenvalue weighted by atomic mass is 10.1. The van der Waals surface area contributed by atoms with Gasteiger partial charge in [0, 0.05) is 40.8 Å². The molecule has 0 aromatic carbocycles. The van der Waals surface area contributed by atoms with Crippen LogP contribution in [0, 0.1) is 12.8 Å². The minimum atomic E-state index is -0.643. The van der Waals surface area contributed by atoms with Crippen LogP contribution in [-0.4, -0.2) is 30.9 Å². The number of aliphatic hydroxyl groups excluding tert-OH is 1. The Morgan fingerprint density at radius 1 is 1.18 bits per heavy atom. The fourth-order valence-electron chi connectivity index (χ4n) is 3.13. The molecule has 2 N–H and O–H groups in total. The molecule has 1 amide bonds. The molecule has 3 aromatic heterocycles. The van der Waals surface area contributed by atoms with E-state index in [0.717, 1.165) is 47.0 Å². The minimum Gasteiger partial charge on any atom is -0.385 e. The van der Waals surface area contributed by atoms with Crippen LogP contribution in [0.15, 0.2) is 30.7 Å². The van der Waals surface area contributed by atoms with Gasteiger partial charge in [0.05, 0.1) is 11.4 Å². The van der Waals surface area contributed by atoms with Gasteiger partial charge in [0.2, 0.25) is 5.91 Å². The number of aryl methyl sites for hydroxylation is 1. The lowest BCUT2D eigenvalue weighted by molar-refractivity contribution is -0.117. The molecule has 4 rings (SSSR count). The number of rotatable bonds is 6. The summed E-state index contributed by atoms with van der Waals surface area (Å²) in [4.78, 5) is 29.6. The molecule has 7 nitrogen and oxygen atoms in total. The summed E-state index contributed by atoms with van der Waals surface area (Å²) in [6.45, 7) is 3.90. The molecule has 1 atom stereocenters. The van der Waals surface area contributed by atoms with Gasteiger partial charge in [-0.25, -0.2) is 15.0 Å². The van der Waals surface area contributed by atoms with Crippen molar-refractivity contribution < 1.29 is 9.90 Å². The lowest BCUT2D eigenvalue weighted by Gasteiger charge is -2.11. The molecule has 1 saturated carbocycles. The van der Waals surface area contributed by atoms with Crippen LogP contribution in [0.2, 0.25) is 0 Å². The molecule has 1 aliphatic rings. The summed E-state index contributed by atoms with van der Waals surface area (Å²) in [5.74, 6) is 1.17. The highest BCUT2D eigenvalue weighted by Crippen LogP contribution is 2.30. The zero-order valence-corrected chi connectivity index (χ0v) is 16.0. The normalized spacial score (nSPS) is 14.8. The lowest BCUT2D eigenvalue weighted by Crippen LogP contribution is -2.14. The first kappa shape index (κ1) is 18.4. The number of nitrogens with zero attached hydrogens (tertiary/aromatic N) is 4. The molecule has 28 heavy (non-hydrogen) atoms. The zero-order valence-electron chi connectivity index (χ0n) is 16.0. The van der Waals surface area contributed by atoms with Gasteiger partial charge in [-0.3, -0.25) is 9.78 Å². The highest BCUT2D eigenvalue weighted by Gasteiger charge is 2.29. The number of hydrogen-bond acceptors (Lipinski definition) is 6. The molecule has 0 bridgehead atoms. The van der Waals surface area contributed by atoms with Gasteiger partial charge in [0.15, 0.2) is 5.82 Å². The maximum atomic E-state index is 11.9. The van der Waals surface area contributed by atoms with Crippen LogP contribution in [0.5, 0.6) is 0 Å². The second-order valence-electron chi connectivity index (χ2n) is 7.28. The summed E-state index contributed by atoms with van der Waals surface area (Å²) in [6.07, 6.45) is 7.99. The van der Waals surface area contributed by atoms with Crippen molar-refractivity contribution >= 4 is 22.5 Å². The standard InChI is InChI=1S/C21H23N5O2/c1-3-4-18(27)20-24-11-16(12(2)25-20)17-7-14-10-23-19(8-15(14)9-22-17)26-21(28)13-5-6-13/h7-11,13,18,27H,3-6H2,1-2H3,(H,23,26,28). The summed E-state index contributed by atoms with van der Waals surface area (Å²) >= 11 is 0. The summed E-state index contributed by atoms with van der Waals surface area (Å²) in [7, 11) is 0. The number of carbonyl (C=O) groups is 1. The van der Waals surface area contributed by atoms with Gasteiger partial charge in [-0.15, -0.1) is 0 Å². The van der Waals surface area contributed by atoms with Gasteiger partial charge in [-0.2, -0.15) is 0 Å². The predicted octanol–water partition coefficient (Wildman–Crippen LogP) is 3.58. The zero-order chi connectivity index (χ0) is 19.7. The van der Waals surface area contributed by atoms with Gasteiger partial charge in [-0.05, 0) is 38.3 Å². The SMILES string of the molecule is CCCC(O)c1ncc(-c2cc3cnc(NC(=O)C4CC4)cc3cn2)c(C)n1. The summed E-state index contributed by atoms with van der Waals surface area (Å²) in [5, 5.41) is 14.8. The quantitative estimate of drug-likeness (QED) is 0.681. The Bertz CT molecular complexity index is 1030. The van der Waals surface area contributed by atoms with Gasteiger partial charge in [0.25, 0.3) is 0 Å². The molecule has 3 heterocycles. The van der Waals surface area contributed by atoms with Crippen LogP contribution in [0.3, 0.4) is 0 Å². The van der Waals surface area contributed by atoms with Crippen LogP contribution < -0.4 is 5.32 Å². The summed E-state index contributed by atoms with van der Waals surface area (Å²) in [6, 6.07) is 3.77. The molecular weight excluding hydrogens is 354 g/mol. The average Bonchev–Trinajstić information content (AvgIpc) is 3.53. The van der Waals surface area contributed by atoms with E-state index in [1.165, 1.54) is 0 Å². The number of amides is 1. The number of carbonyl (C=O) groups excluding carboxylic acids is 1.